The van der Waals surface area contributed by atoms with Crippen LogP contribution in [0.5, 0.6) is 0 Å². The highest BCUT2D eigenvalue weighted by Crippen LogP contribution is 2.27. The predicted octanol–water partition coefficient (Wildman–Crippen LogP) is 2.30. The average Bonchev–Trinajstić information content (AvgIpc) is 3.31. The number of anilines is 1. The van der Waals surface area contributed by atoms with Gasteiger partial charge in [-0.05, 0) is 37.6 Å². The summed E-state index contributed by atoms with van der Waals surface area (Å²) < 4.78 is 29.8. The molecule has 8 nitrogen and oxygen atoms in total. The van der Waals surface area contributed by atoms with Crippen molar-refractivity contribution in [2.75, 3.05) is 37.6 Å². The summed E-state index contributed by atoms with van der Waals surface area (Å²) in [6, 6.07) is 7.66. The van der Waals surface area contributed by atoms with Gasteiger partial charge < -0.3 is 9.80 Å². The van der Waals surface area contributed by atoms with Crippen LogP contribution in [0.2, 0.25) is 5.02 Å². The normalized spacial score (nSPS) is 19.9. The largest absolute Gasteiger partial charge is 0.369 e. The van der Waals surface area contributed by atoms with Gasteiger partial charge in [-0.2, -0.15) is 9.40 Å². The molecule has 162 valence electrons. The number of carbonyl (C=O) groups is 1. The van der Waals surface area contributed by atoms with Crippen LogP contribution in [0, 0.1) is 0 Å². The highest BCUT2D eigenvalue weighted by Gasteiger charge is 2.40. The van der Waals surface area contributed by atoms with Crippen LogP contribution in [0.25, 0.3) is 0 Å². The van der Waals surface area contributed by atoms with Gasteiger partial charge in [0, 0.05) is 62.2 Å². The number of aryl methyl sites for hydroxylation is 1. The van der Waals surface area contributed by atoms with Gasteiger partial charge in [0.15, 0.2) is 0 Å². The van der Waals surface area contributed by atoms with Crippen molar-refractivity contribution in [3.63, 3.8) is 0 Å². The Hall–Kier alpha value is -2.10. The summed E-state index contributed by atoms with van der Waals surface area (Å²) in [5.41, 5.74) is 1.18. The first kappa shape index (κ1) is 21.1. The molecule has 0 aliphatic carbocycles. The number of carbonyl (C=O) groups excluding carboxylic acids is 1. The summed E-state index contributed by atoms with van der Waals surface area (Å²) in [7, 11) is -3.86. The van der Waals surface area contributed by atoms with Crippen molar-refractivity contribution in [3.8, 4) is 0 Å². The van der Waals surface area contributed by atoms with E-state index in [0.29, 0.717) is 44.3 Å². The summed E-state index contributed by atoms with van der Waals surface area (Å²) in [6.45, 7) is 6.93. The molecule has 0 N–H and O–H groups in total. The Morgan fingerprint density at radius 3 is 2.37 bits per heavy atom. The van der Waals surface area contributed by atoms with Crippen LogP contribution >= 0.6 is 11.6 Å². The SMILES string of the molecule is CCCn1cc(C(=O)N2C[C@H]2C)c(S(=O)(=O)N2CCN(c3ccc(Cl)cc3)CC2)n1. The van der Waals surface area contributed by atoms with E-state index in [1.807, 2.05) is 38.1 Å². The second kappa shape index (κ2) is 8.20. The molecule has 0 radical (unpaired) electrons. The van der Waals surface area contributed by atoms with Crippen molar-refractivity contribution in [3.05, 3.63) is 41.0 Å². The lowest BCUT2D eigenvalue weighted by atomic mass is 10.2. The van der Waals surface area contributed by atoms with E-state index in [4.69, 9.17) is 11.6 Å². The van der Waals surface area contributed by atoms with E-state index in [0.717, 1.165) is 12.1 Å². The zero-order valence-electron chi connectivity index (χ0n) is 17.2. The number of halogens is 1. The maximum atomic E-state index is 13.4. The van der Waals surface area contributed by atoms with Gasteiger partial charge in [0.1, 0.15) is 0 Å². The van der Waals surface area contributed by atoms with E-state index < -0.39 is 10.0 Å². The van der Waals surface area contributed by atoms with Crippen LogP contribution in [-0.2, 0) is 16.6 Å². The summed E-state index contributed by atoms with van der Waals surface area (Å²) in [6.07, 6.45) is 2.38. The van der Waals surface area contributed by atoms with Gasteiger partial charge in [-0.3, -0.25) is 9.48 Å². The Morgan fingerprint density at radius 2 is 1.80 bits per heavy atom. The van der Waals surface area contributed by atoms with E-state index in [1.165, 1.54) is 4.31 Å². The van der Waals surface area contributed by atoms with E-state index in [9.17, 15) is 13.2 Å². The number of hydrogen-bond acceptors (Lipinski definition) is 5. The molecule has 0 bridgehead atoms. The highest BCUT2D eigenvalue weighted by atomic mass is 35.5. The van der Waals surface area contributed by atoms with Gasteiger partial charge in [0.05, 0.1) is 5.56 Å². The molecule has 2 fully saturated rings. The maximum Gasteiger partial charge on any atom is 0.263 e. The van der Waals surface area contributed by atoms with E-state index in [1.54, 1.807) is 15.8 Å². The molecule has 1 atom stereocenters. The molecule has 1 aromatic carbocycles. The first-order valence-electron chi connectivity index (χ1n) is 10.2. The van der Waals surface area contributed by atoms with Gasteiger partial charge >= 0.3 is 0 Å². The molecule has 2 aliphatic heterocycles. The smallest absolute Gasteiger partial charge is 0.263 e. The van der Waals surface area contributed by atoms with Crippen molar-refractivity contribution in [2.45, 2.75) is 37.9 Å². The number of sulfonamides is 1. The molecular formula is C20H26ClN5O3S. The lowest BCUT2D eigenvalue weighted by Gasteiger charge is -2.35. The molecule has 0 unspecified atom stereocenters. The van der Waals surface area contributed by atoms with Crippen LogP contribution in [0.1, 0.15) is 30.6 Å². The number of rotatable bonds is 6. The fourth-order valence-corrected chi connectivity index (χ4v) is 5.36. The number of benzene rings is 1. The zero-order valence-corrected chi connectivity index (χ0v) is 18.7. The third-order valence-electron chi connectivity index (χ3n) is 5.55. The van der Waals surface area contributed by atoms with Crippen molar-refractivity contribution >= 4 is 33.2 Å². The fourth-order valence-electron chi connectivity index (χ4n) is 3.72. The number of amides is 1. The summed E-state index contributed by atoms with van der Waals surface area (Å²) >= 11 is 5.96. The number of aromatic nitrogens is 2. The second-order valence-corrected chi connectivity index (χ2v) is 10.1. The topological polar surface area (TPSA) is 78.5 Å². The summed E-state index contributed by atoms with van der Waals surface area (Å²) in [4.78, 5) is 16.6. The summed E-state index contributed by atoms with van der Waals surface area (Å²) in [5, 5.41) is 4.84. The number of piperazine rings is 1. The number of nitrogens with zero attached hydrogens (tertiary/aromatic N) is 5. The minimum atomic E-state index is -3.86. The molecule has 30 heavy (non-hydrogen) atoms. The van der Waals surface area contributed by atoms with Gasteiger partial charge in [-0.15, -0.1) is 0 Å². The highest BCUT2D eigenvalue weighted by molar-refractivity contribution is 7.89. The molecule has 0 spiro atoms. The van der Waals surface area contributed by atoms with Crippen LogP contribution in [0.3, 0.4) is 0 Å². The van der Waals surface area contributed by atoms with Gasteiger partial charge in [0.2, 0.25) is 5.03 Å². The van der Waals surface area contributed by atoms with Crippen LogP contribution < -0.4 is 4.90 Å². The quantitative estimate of drug-likeness (QED) is 0.630. The summed E-state index contributed by atoms with van der Waals surface area (Å²) in [5.74, 6) is -0.261. The molecule has 10 heteroatoms. The van der Waals surface area contributed by atoms with Crippen molar-refractivity contribution in [2.24, 2.45) is 0 Å². The molecule has 2 aliphatic rings. The lowest BCUT2D eigenvalue weighted by molar-refractivity contribution is 0.0872. The molecule has 1 amide bonds. The lowest BCUT2D eigenvalue weighted by Crippen LogP contribution is -2.49. The molecule has 1 aromatic heterocycles. The van der Waals surface area contributed by atoms with Crippen molar-refractivity contribution < 1.29 is 13.2 Å². The Bertz CT molecular complexity index is 1030. The first-order chi connectivity index (χ1) is 14.3. The Kier molecular flexibility index (Phi) is 5.78. The Balaban J connectivity index is 1.55. The van der Waals surface area contributed by atoms with Gasteiger partial charge in [-0.25, -0.2) is 8.42 Å². The van der Waals surface area contributed by atoms with Crippen LogP contribution in [-0.4, -0.2) is 72.1 Å². The zero-order chi connectivity index (χ0) is 21.5. The predicted molar refractivity (Wildman–Crippen MR) is 115 cm³/mol. The first-order valence-corrected chi connectivity index (χ1v) is 12.0. The van der Waals surface area contributed by atoms with Crippen LogP contribution in [0.15, 0.2) is 35.5 Å². The number of hydrogen-bond donors (Lipinski definition) is 0. The standard InChI is InChI=1S/C20H26ClN5O3S/c1-3-8-24-14-18(20(27)26-13-15(26)2)19(22-24)30(28,29)25-11-9-23(10-12-25)17-6-4-16(21)5-7-17/h4-7,14-15H,3,8-13H2,1-2H3/t15-,26?/m1/s1. The Labute approximate surface area is 182 Å². The third kappa shape index (κ3) is 4.06. The second-order valence-electron chi connectivity index (χ2n) is 7.79. The molecule has 2 aromatic rings. The van der Waals surface area contributed by atoms with Gasteiger partial charge in [-0.1, -0.05) is 18.5 Å². The monoisotopic (exact) mass is 451 g/mol. The third-order valence-corrected chi connectivity index (χ3v) is 7.63. The molecule has 0 saturated carbocycles. The minimum Gasteiger partial charge on any atom is -0.369 e. The molecule has 4 rings (SSSR count). The maximum absolute atomic E-state index is 13.4. The van der Waals surface area contributed by atoms with E-state index >= 15 is 0 Å². The molecular weight excluding hydrogens is 426 g/mol. The van der Waals surface area contributed by atoms with Gasteiger partial charge in [0.25, 0.3) is 15.9 Å². The fraction of sp³-hybridized carbons (Fsp3) is 0.500. The van der Waals surface area contributed by atoms with E-state index in [2.05, 4.69) is 10.00 Å². The van der Waals surface area contributed by atoms with Crippen molar-refractivity contribution in [1.82, 2.24) is 19.0 Å². The molecule has 2 saturated heterocycles. The molecule has 3 heterocycles. The van der Waals surface area contributed by atoms with E-state index in [-0.39, 0.29) is 22.5 Å². The Morgan fingerprint density at radius 1 is 1.17 bits per heavy atom. The average molecular weight is 452 g/mol. The van der Waals surface area contributed by atoms with Crippen molar-refractivity contribution in [1.29, 1.82) is 0 Å². The minimum absolute atomic E-state index is 0.125. The van der Waals surface area contributed by atoms with Crippen LogP contribution in [0.4, 0.5) is 5.69 Å².